The van der Waals surface area contributed by atoms with E-state index in [1.807, 2.05) is 0 Å². The summed E-state index contributed by atoms with van der Waals surface area (Å²) in [5, 5.41) is 8.74. The number of thiocarbonyl (C=S) groups is 1. The predicted octanol–water partition coefficient (Wildman–Crippen LogP) is 3.17. The molecule has 158 valence electrons. The third-order valence-corrected chi connectivity index (χ3v) is 4.53. The van der Waals surface area contributed by atoms with Crippen LogP contribution < -0.4 is 20.7 Å². The SMILES string of the molecule is O=C1NCCC(NCc2ccncc2OCC(F)F)=C1C(=S)Nc1cccc(F)c1. The van der Waals surface area contributed by atoms with Crippen molar-refractivity contribution in [3.63, 3.8) is 0 Å². The number of benzene rings is 1. The van der Waals surface area contributed by atoms with Crippen LogP contribution in [0, 0.1) is 5.82 Å². The monoisotopic (exact) mass is 436 g/mol. The van der Waals surface area contributed by atoms with E-state index in [2.05, 4.69) is 20.9 Å². The second-order valence-corrected chi connectivity index (χ2v) is 6.77. The Morgan fingerprint density at radius 3 is 2.93 bits per heavy atom. The molecule has 1 aliphatic rings. The summed E-state index contributed by atoms with van der Waals surface area (Å²) in [6.45, 7) is -0.106. The average molecular weight is 436 g/mol. The van der Waals surface area contributed by atoms with E-state index in [4.69, 9.17) is 17.0 Å². The summed E-state index contributed by atoms with van der Waals surface area (Å²) in [5.74, 6) is -0.563. The Hall–Kier alpha value is -3.14. The molecule has 1 aromatic carbocycles. The van der Waals surface area contributed by atoms with Gasteiger partial charge in [0.05, 0.1) is 11.8 Å². The highest BCUT2D eigenvalue weighted by Crippen LogP contribution is 2.20. The van der Waals surface area contributed by atoms with E-state index in [0.717, 1.165) is 0 Å². The first-order chi connectivity index (χ1) is 14.4. The Labute approximate surface area is 176 Å². The van der Waals surface area contributed by atoms with Crippen molar-refractivity contribution in [2.75, 3.05) is 18.5 Å². The van der Waals surface area contributed by atoms with Gasteiger partial charge >= 0.3 is 0 Å². The third-order valence-electron chi connectivity index (χ3n) is 4.23. The van der Waals surface area contributed by atoms with E-state index in [-0.39, 0.29) is 28.8 Å². The molecular formula is C20H19F3N4O2S. The maximum atomic E-state index is 13.4. The maximum Gasteiger partial charge on any atom is 0.272 e. The second-order valence-electron chi connectivity index (χ2n) is 6.36. The molecule has 0 radical (unpaired) electrons. The Bertz CT molecular complexity index is 969. The topological polar surface area (TPSA) is 75.3 Å². The Morgan fingerprint density at radius 2 is 2.17 bits per heavy atom. The summed E-state index contributed by atoms with van der Waals surface area (Å²) in [7, 11) is 0. The number of halogens is 3. The van der Waals surface area contributed by atoms with Crippen LogP contribution in [0.25, 0.3) is 0 Å². The van der Waals surface area contributed by atoms with Gasteiger partial charge in [0, 0.05) is 42.7 Å². The van der Waals surface area contributed by atoms with Gasteiger partial charge in [0.15, 0.2) is 0 Å². The molecule has 0 bridgehead atoms. The normalized spacial score (nSPS) is 13.8. The Balaban J connectivity index is 1.77. The van der Waals surface area contributed by atoms with E-state index < -0.39 is 18.8 Å². The fraction of sp³-hybridized carbons (Fsp3) is 0.250. The van der Waals surface area contributed by atoms with Crippen molar-refractivity contribution in [1.82, 2.24) is 15.6 Å². The van der Waals surface area contributed by atoms with Gasteiger partial charge in [0.25, 0.3) is 12.3 Å². The van der Waals surface area contributed by atoms with E-state index in [1.165, 1.54) is 30.6 Å². The molecule has 2 heterocycles. The molecule has 0 saturated heterocycles. The van der Waals surface area contributed by atoms with Gasteiger partial charge in [0.1, 0.15) is 23.2 Å². The van der Waals surface area contributed by atoms with Crippen molar-refractivity contribution >= 4 is 28.8 Å². The quantitative estimate of drug-likeness (QED) is 0.552. The molecule has 6 nitrogen and oxygen atoms in total. The van der Waals surface area contributed by atoms with Crippen molar-refractivity contribution in [1.29, 1.82) is 0 Å². The number of carbonyl (C=O) groups excluding carboxylic acids is 1. The third kappa shape index (κ3) is 5.69. The van der Waals surface area contributed by atoms with Crippen LogP contribution in [-0.2, 0) is 11.3 Å². The zero-order valence-electron chi connectivity index (χ0n) is 15.8. The zero-order valence-corrected chi connectivity index (χ0v) is 16.6. The molecule has 0 saturated carbocycles. The number of nitrogens with one attached hydrogen (secondary N) is 3. The average Bonchev–Trinajstić information content (AvgIpc) is 2.71. The van der Waals surface area contributed by atoms with E-state index in [1.54, 1.807) is 12.1 Å². The molecule has 0 fully saturated rings. The van der Waals surface area contributed by atoms with Gasteiger partial charge in [-0.2, -0.15) is 0 Å². The van der Waals surface area contributed by atoms with Gasteiger partial charge < -0.3 is 20.7 Å². The molecule has 3 rings (SSSR count). The number of hydrogen-bond donors (Lipinski definition) is 3. The number of amides is 1. The number of hydrogen-bond acceptors (Lipinski definition) is 5. The maximum absolute atomic E-state index is 13.4. The van der Waals surface area contributed by atoms with Crippen LogP contribution in [-0.4, -0.2) is 35.5 Å². The first-order valence-electron chi connectivity index (χ1n) is 9.10. The molecular weight excluding hydrogens is 417 g/mol. The fourth-order valence-corrected chi connectivity index (χ4v) is 3.20. The summed E-state index contributed by atoms with van der Waals surface area (Å²) in [6.07, 6.45) is 0.766. The Kier molecular flexibility index (Phi) is 7.23. The number of ether oxygens (including phenoxy) is 1. The van der Waals surface area contributed by atoms with Crippen LogP contribution in [0.4, 0.5) is 18.9 Å². The van der Waals surface area contributed by atoms with Gasteiger partial charge in [0.2, 0.25) is 0 Å². The summed E-state index contributed by atoms with van der Waals surface area (Å²) >= 11 is 5.37. The van der Waals surface area contributed by atoms with Crippen LogP contribution in [0.2, 0.25) is 0 Å². The lowest BCUT2D eigenvalue weighted by Crippen LogP contribution is -2.39. The first kappa shape index (κ1) is 21.6. The predicted molar refractivity (Wildman–Crippen MR) is 110 cm³/mol. The molecule has 0 spiro atoms. The number of carbonyl (C=O) groups is 1. The van der Waals surface area contributed by atoms with Crippen molar-refractivity contribution in [2.45, 2.75) is 19.4 Å². The van der Waals surface area contributed by atoms with Crippen molar-refractivity contribution < 1.29 is 22.7 Å². The minimum Gasteiger partial charge on any atom is -0.486 e. The molecule has 3 N–H and O–H groups in total. The lowest BCUT2D eigenvalue weighted by Gasteiger charge is -2.23. The highest BCUT2D eigenvalue weighted by Gasteiger charge is 2.24. The molecule has 0 aliphatic carbocycles. The van der Waals surface area contributed by atoms with Crippen molar-refractivity contribution in [3.05, 3.63) is 65.4 Å². The summed E-state index contributed by atoms with van der Waals surface area (Å²) in [5.41, 5.74) is 1.85. The number of pyridine rings is 1. The van der Waals surface area contributed by atoms with Gasteiger partial charge in [-0.15, -0.1) is 0 Å². The lowest BCUT2D eigenvalue weighted by atomic mass is 10.1. The van der Waals surface area contributed by atoms with Gasteiger partial charge in [-0.25, -0.2) is 13.2 Å². The standard InChI is InChI=1S/C20H19F3N4O2S/c21-13-2-1-3-14(8-13)27-20(30)18-15(5-7-25-19(18)28)26-9-12-4-6-24-10-16(12)29-11-17(22)23/h1-4,6,8,10,17,26H,5,7,9,11H2,(H,25,28)(H,27,30). The number of anilines is 1. The summed E-state index contributed by atoms with van der Waals surface area (Å²) < 4.78 is 43.4. The van der Waals surface area contributed by atoms with Gasteiger partial charge in [-0.05, 0) is 24.3 Å². The van der Waals surface area contributed by atoms with Crippen LogP contribution in [0.15, 0.2) is 54.0 Å². The van der Waals surface area contributed by atoms with Crippen molar-refractivity contribution in [3.8, 4) is 5.75 Å². The fourth-order valence-electron chi connectivity index (χ4n) is 2.87. The highest BCUT2D eigenvalue weighted by atomic mass is 32.1. The minimum absolute atomic E-state index is 0.143. The molecule has 0 unspecified atom stereocenters. The molecule has 10 heteroatoms. The summed E-state index contributed by atoms with van der Waals surface area (Å²) in [6, 6.07) is 7.37. The Morgan fingerprint density at radius 1 is 1.33 bits per heavy atom. The molecule has 1 aliphatic heterocycles. The van der Waals surface area contributed by atoms with Crippen LogP contribution >= 0.6 is 12.2 Å². The molecule has 30 heavy (non-hydrogen) atoms. The number of rotatable bonds is 8. The minimum atomic E-state index is -2.60. The largest absolute Gasteiger partial charge is 0.486 e. The summed E-state index contributed by atoms with van der Waals surface area (Å²) in [4.78, 5) is 16.5. The first-order valence-corrected chi connectivity index (χ1v) is 9.51. The van der Waals surface area contributed by atoms with Crippen LogP contribution in [0.5, 0.6) is 5.75 Å². The van der Waals surface area contributed by atoms with Crippen molar-refractivity contribution in [2.24, 2.45) is 0 Å². The molecule has 2 aromatic rings. The van der Waals surface area contributed by atoms with E-state index >= 15 is 0 Å². The smallest absolute Gasteiger partial charge is 0.272 e. The molecule has 0 atom stereocenters. The van der Waals surface area contributed by atoms with Crippen LogP contribution in [0.3, 0.4) is 0 Å². The number of alkyl halides is 2. The molecule has 1 amide bonds. The highest BCUT2D eigenvalue weighted by molar-refractivity contribution is 7.81. The lowest BCUT2D eigenvalue weighted by molar-refractivity contribution is -0.117. The number of aromatic nitrogens is 1. The zero-order chi connectivity index (χ0) is 21.5. The second kappa shape index (κ2) is 10.1. The van der Waals surface area contributed by atoms with E-state index in [0.29, 0.717) is 29.9 Å². The van der Waals surface area contributed by atoms with Gasteiger partial charge in [-0.1, -0.05) is 18.3 Å². The van der Waals surface area contributed by atoms with Gasteiger partial charge in [-0.3, -0.25) is 9.78 Å². The molecule has 1 aromatic heterocycles. The number of nitrogens with zero attached hydrogens (tertiary/aromatic N) is 1. The van der Waals surface area contributed by atoms with Crippen LogP contribution in [0.1, 0.15) is 12.0 Å². The van der Waals surface area contributed by atoms with E-state index in [9.17, 15) is 18.0 Å².